The molecule has 27 heavy (non-hydrogen) atoms. The second-order valence-electron chi connectivity index (χ2n) is 6.61. The Kier molecular flexibility index (Phi) is 5.07. The monoisotopic (exact) mass is 359 g/mol. The van der Waals surface area contributed by atoms with Crippen LogP contribution in [0.4, 0.5) is 0 Å². The molecule has 0 unspecified atom stereocenters. The maximum absolute atomic E-state index is 5.48. The van der Waals surface area contributed by atoms with Crippen molar-refractivity contribution in [3.8, 4) is 11.3 Å². The first-order valence-corrected chi connectivity index (χ1v) is 8.86. The third-order valence-corrected chi connectivity index (χ3v) is 4.32. The molecule has 3 aromatic heterocycles. The Labute approximate surface area is 158 Å². The highest BCUT2D eigenvalue weighted by molar-refractivity contribution is 5.57. The summed E-state index contributed by atoms with van der Waals surface area (Å²) >= 11 is 0. The molecule has 6 nitrogen and oxygen atoms in total. The maximum Gasteiger partial charge on any atom is 0.151 e. The first kappa shape index (κ1) is 17.2. The Hall–Kier alpha value is -3.25. The summed E-state index contributed by atoms with van der Waals surface area (Å²) < 4.78 is 7.40. The zero-order valence-corrected chi connectivity index (χ0v) is 15.2. The van der Waals surface area contributed by atoms with Crippen LogP contribution >= 0.6 is 0 Å². The largest absolute Gasteiger partial charge is 0.359 e. The average molecular weight is 359 g/mol. The van der Waals surface area contributed by atoms with E-state index < -0.39 is 0 Å². The summed E-state index contributed by atoms with van der Waals surface area (Å²) in [5.41, 5.74) is 4.27. The number of nitrogens with zero attached hydrogens (tertiary/aromatic N) is 5. The molecule has 1 aromatic carbocycles. The summed E-state index contributed by atoms with van der Waals surface area (Å²) in [6, 6.07) is 16.4. The quantitative estimate of drug-likeness (QED) is 0.504. The van der Waals surface area contributed by atoms with E-state index >= 15 is 0 Å². The molecule has 0 N–H and O–H groups in total. The summed E-state index contributed by atoms with van der Waals surface area (Å²) in [7, 11) is 2.07. The number of rotatable bonds is 7. The van der Waals surface area contributed by atoms with Crippen molar-refractivity contribution in [2.75, 3.05) is 7.05 Å². The summed E-state index contributed by atoms with van der Waals surface area (Å²) in [6.07, 6.45) is 7.31. The predicted octanol–water partition coefficient (Wildman–Crippen LogP) is 3.61. The van der Waals surface area contributed by atoms with E-state index in [4.69, 9.17) is 4.52 Å². The first-order chi connectivity index (χ1) is 13.3. The van der Waals surface area contributed by atoms with Gasteiger partial charge in [0.05, 0.1) is 13.1 Å². The minimum absolute atomic E-state index is 0.697. The maximum atomic E-state index is 5.48. The fourth-order valence-electron chi connectivity index (χ4n) is 3.00. The van der Waals surface area contributed by atoms with Gasteiger partial charge in [0, 0.05) is 43.0 Å². The van der Waals surface area contributed by atoms with Crippen molar-refractivity contribution in [3.63, 3.8) is 0 Å². The van der Waals surface area contributed by atoms with Gasteiger partial charge in [-0.3, -0.25) is 14.6 Å². The molecule has 0 saturated carbocycles. The van der Waals surface area contributed by atoms with Gasteiger partial charge >= 0.3 is 0 Å². The van der Waals surface area contributed by atoms with Gasteiger partial charge in [-0.1, -0.05) is 29.4 Å². The Morgan fingerprint density at radius 2 is 1.85 bits per heavy atom. The van der Waals surface area contributed by atoms with Crippen LogP contribution in [0.2, 0.25) is 0 Å². The number of hydrogen-bond donors (Lipinski definition) is 0. The summed E-state index contributed by atoms with van der Waals surface area (Å²) in [4.78, 5) is 6.32. The van der Waals surface area contributed by atoms with Crippen molar-refractivity contribution in [2.24, 2.45) is 0 Å². The third-order valence-electron chi connectivity index (χ3n) is 4.32. The molecule has 0 aliphatic carbocycles. The molecule has 0 aliphatic heterocycles. The van der Waals surface area contributed by atoms with Crippen LogP contribution in [0.1, 0.15) is 16.9 Å². The van der Waals surface area contributed by atoms with Crippen LogP contribution in [0.25, 0.3) is 11.3 Å². The second-order valence-corrected chi connectivity index (χ2v) is 6.61. The molecule has 0 aliphatic rings. The molecule has 0 radical (unpaired) electrons. The van der Waals surface area contributed by atoms with Gasteiger partial charge in [-0.15, -0.1) is 0 Å². The lowest BCUT2D eigenvalue weighted by Crippen LogP contribution is -2.16. The predicted molar refractivity (Wildman–Crippen MR) is 103 cm³/mol. The van der Waals surface area contributed by atoms with E-state index in [9.17, 15) is 0 Å². The van der Waals surface area contributed by atoms with Gasteiger partial charge in [-0.2, -0.15) is 5.10 Å². The fourth-order valence-corrected chi connectivity index (χ4v) is 3.00. The topological polar surface area (TPSA) is 60.0 Å². The molecule has 3 heterocycles. The van der Waals surface area contributed by atoms with Crippen molar-refractivity contribution in [1.29, 1.82) is 0 Å². The summed E-state index contributed by atoms with van der Waals surface area (Å²) in [5.74, 6) is 0.839. The second kappa shape index (κ2) is 7.97. The molecule has 0 saturated heterocycles. The van der Waals surface area contributed by atoms with Gasteiger partial charge in [0.1, 0.15) is 5.69 Å². The molecule has 0 bridgehead atoms. The van der Waals surface area contributed by atoms with Crippen LogP contribution in [0.3, 0.4) is 0 Å². The molecule has 0 amide bonds. The first-order valence-electron chi connectivity index (χ1n) is 8.86. The van der Waals surface area contributed by atoms with Gasteiger partial charge in [0.15, 0.2) is 5.76 Å². The highest BCUT2D eigenvalue weighted by Gasteiger charge is 2.09. The Balaban J connectivity index is 1.34. The van der Waals surface area contributed by atoms with Gasteiger partial charge in [-0.25, -0.2) is 0 Å². The van der Waals surface area contributed by atoms with Crippen molar-refractivity contribution >= 4 is 0 Å². The lowest BCUT2D eigenvalue weighted by atomic mass is 10.1. The van der Waals surface area contributed by atoms with E-state index in [1.54, 1.807) is 18.6 Å². The standard InChI is InChI=1S/C21H21N5O/c1-25(16-20-12-21(24-27-20)19-4-2-9-22-13-19)14-17-5-7-18(8-6-17)15-26-11-3-10-23-26/h2-13H,14-16H2,1H3. The fraction of sp³-hybridized carbons (Fsp3) is 0.190. The number of pyridine rings is 1. The highest BCUT2D eigenvalue weighted by atomic mass is 16.5. The van der Waals surface area contributed by atoms with Gasteiger partial charge in [0.25, 0.3) is 0 Å². The van der Waals surface area contributed by atoms with Crippen LogP contribution < -0.4 is 0 Å². The third kappa shape index (κ3) is 4.48. The average Bonchev–Trinajstić information content (AvgIpc) is 3.36. The van der Waals surface area contributed by atoms with Crippen LogP contribution in [0.5, 0.6) is 0 Å². The highest BCUT2D eigenvalue weighted by Crippen LogP contribution is 2.19. The van der Waals surface area contributed by atoms with Gasteiger partial charge in [0.2, 0.25) is 0 Å². The zero-order chi connectivity index (χ0) is 18.5. The minimum atomic E-state index is 0.697. The SMILES string of the molecule is CN(Cc1ccc(Cn2cccn2)cc1)Cc1cc(-c2cccnc2)no1. The van der Waals surface area contributed by atoms with E-state index in [0.717, 1.165) is 30.1 Å². The number of hydrogen-bond acceptors (Lipinski definition) is 5. The molecule has 136 valence electrons. The van der Waals surface area contributed by atoms with Crippen molar-refractivity contribution in [2.45, 2.75) is 19.6 Å². The van der Waals surface area contributed by atoms with Crippen molar-refractivity contribution in [3.05, 3.63) is 90.2 Å². The van der Waals surface area contributed by atoms with E-state index in [2.05, 4.69) is 51.5 Å². The minimum Gasteiger partial charge on any atom is -0.359 e. The molecule has 6 heteroatoms. The van der Waals surface area contributed by atoms with Crippen LogP contribution in [-0.4, -0.2) is 31.9 Å². The van der Waals surface area contributed by atoms with Crippen LogP contribution in [-0.2, 0) is 19.6 Å². The summed E-state index contributed by atoms with van der Waals surface area (Å²) in [6.45, 7) is 2.32. The van der Waals surface area contributed by atoms with E-state index in [-0.39, 0.29) is 0 Å². The van der Waals surface area contributed by atoms with E-state index in [1.165, 1.54) is 11.1 Å². The molecule has 0 spiro atoms. The molecule has 4 rings (SSSR count). The molecule has 0 fully saturated rings. The Morgan fingerprint density at radius 1 is 1.00 bits per heavy atom. The van der Waals surface area contributed by atoms with Crippen molar-refractivity contribution < 1.29 is 4.52 Å². The number of aromatic nitrogens is 4. The number of benzene rings is 1. The normalized spacial score (nSPS) is 11.2. The Bertz CT molecular complexity index is 962. The Morgan fingerprint density at radius 3 is 2.59 bits per heavy atom. The molecular weight excluding hydrogens is 338 g/mol. The van der Waals surface area contributed by atoms with Crippen molar-refractivity contribution in [1.82, 2.24) is 24.8 Å². The van der Waals surface area contributed by atoms with E-state index in [1.807, 2.05) is 35.1 Å². The molecular formula is C21H21N5O. The van der Waals surface area contributed by atoms with Crippen LogP contribution in [0.15, 0.2) is 77.8 Å². The molecule has 0 atom stereocenters. The van der Waals surface area contributed by atoms with Gasteiger partial charge < -0.3 is 4.52 Å². The molecule has 4 aromatic rings. The van der Waals surface area contributed by atoms with E-state index in [0.29, 0.717) is 6.54 Å². The smallest absolute Gasteiger partial charge is 0.151 e. The lowest BCUT2D eigenvalue weighted by molar-refractivity contribution is 0.267. The zero-order valence-electron chi connectivity index (χ0n) is 15.2. The summed E-state index contributed by atoms with van der Waals surface area (Å²) in [5, 5.41) is 8.38. The van der Waals surface area contributed by atoms with Gasteiger partial charge in [-0.05, 0) is 36.4 Å². The van der Waals surface area contributed by atoms with Crippen LogP contribution in [0, 0.1) is 0 Å². The lowest BCUT2D eigenvalue weighted by Gasteiger charge is -2.15.